The van der Waals surface area contributed by atoms with Crippen LogP contribution in [0, 0.1) is 11.3 Å². The molecule has 2 fully saturated rings. The van der Waals surface area contributed by atoms with Crippen molar-refractivity contribution in [2.75, 3.05) is 19.8 Å². The quantitative estimate of drug-likeness (QED) is 0.833. The Labute approximate surface area is 102 Å². The Balaban J connectivity index is 0.00000128. The molecular formula is C11H20ClF2NO. The molecule has 0 spiro atoms. The van der Waals surface area contributed by atoms with E-state index in [0.717, 1.165) is 13.0 Å². The minimum atomic E-state index is -2.53. The highest BCUT2D eigenvalue weighted by Gasteiger charge is 2.74. The number of hydrogen-bond donors (Lipinski definition) is 1. The molecule has 96 valence electrons. The molecule has 0 aromatic rings. The highest BCUT2D eigenvalue weighted by molar-refractivity contribution is 5.85. The van der Waals surface area contributed by atoms with Crippen molar-refractivity contribution in [2.24, 2.45) is 11.3 Å². The summed E-state index contributed by atoms with van der Waals surface area (Å²) in [5.41, 5.74) is -0.865. The van der Waals surface area contributed by atoms with Crippen molar-refractivity contribution in [3.63, 3.8) is 0 Å². The summed E-state index contributed by atoms with van der Waals surface area (Å²) >= 11 is 0. The zero-order valence-electron chi connectivity index (χ0n) is 9.76. The van der Waals surface area contributed by atoms with Crippen molar-refractivity contribution >= 4 is 12.4 Å². The molecular weight excluding hydrogens is 236 g/mol. The van der Waals surface area contributed by atoms with E-state index < -0.39 is 17.3 Å². The molecule has 0 aromatic carbocycles. The highest BCUT2D eigenvalue weighted by atomic mass is 35.5. The van der Waals surface area contributed by atoms with E-state index in [4.69, 9.17) is 4.74 Å². The number of hydrogen-bond acceptors (Lipinski definition) is 2. The summed E-state index contributed by atoms with van der Waals surface area (Å²) in [5, 5.41) is 3.28. The van der Waals surface area contributed by atoms with E-state index in [2.05, 4.69) is 5.32 Å². The lowest BCUT2D eigenvalue weighted by molar-refractivity contribution is 0.0414. The van der Waals surface area contributed by atoms with E-state index in [9.17, 15) is 8.78 Å². The highest BCUT2D eigenvalue weighted by Crippen LogP contribution is 2.65. The molecule has 1 heterocycles. The molecule has 1 saturated heterocycles. The van der Waals surface area contributed by atoms with E-state index in [1.807, 2.05) is 0 Å². The number of alkyl halides is 2. The third kappa shape index (κ3) is 2.34. The lowest BCUT2D eigenvalue weighted by Gasteiger charge is -2.10. The van der Waals surface area contributed by atoms with E-state index in [1.165, 1.54) is 6.42 Å². The average Bonchev–Trinajstić information content (AvgIpc) is 2.62. The molecule has 2 unspecified atom stereocenters. The molecule has 16 heavy (non-hydrogen) atoms. The maximum Gasteiger partial charge on any atom is 0.259 e. The Morgan fingerprint density at radius 2 is 1.94 bits per heavy atom. The number of halogens is 3. The van der Waals surface area contributed by atoms with Crippen LogP contribution in [0.5, 0.6) is 0 Å². The molecule has 2 aliphatic rings. The number of nitrogens with one attached hydrogen (secondary N) is 1. The fraction of sp³-hybridized carbons (Fsp3) is 1.00. The first kappa shape index (κ1) is 14.1. The van der Waals surface area contributed by atoms with Gasteiger partial charge in [0.05, 0.1) is 19.1 Å². The first-order valence-electron chi connectivity index (χ1n) is 5.65. The van der Waals surface area contributed by atoms with E-state index in [0.29, 0.717) is 12.6 Å². The van der Waals surface area contributed by atoms with Crippen molar-refractivity contribution < 1.29 is 13.5 Å². The predicted octanol–water partition coefficient (Wildman–Crippen LogP) is 2.47. The fourth-order valence-electron chi connectivity index (χ4n) is 2.30. The molecule has 0 radical (unpaired) electrons. The van der Waals surface area contributed by atoms with Crippen LogP contribution in [0.3, 0.4) is 0 Å². The van der Waals surface area contributed by atoms with E-state index in [1.54, 1.807) is 13.8 Å². The van der Waals surface area contributed by atoms with Crippen LogP contribution in [0.4, 0.5) is 8.78 Å². The third-order valence-electron chi connectivity index (χ3n) is 3.85. The zero-order chi connectivity index (χ0) is 11.1. The molecule has 2 atom stereocenters. The summed E-state index contributed by atoms with van der Waals surface area (Å²) < 4.78 is 31.7. The normalized spacial score (nSPS) is 34.5. The second kappa shape index (κ2) is 4.75. The van der Waals surface area contributed by atoms with Crippen molar-refractivity contribution in [1.82, 2.24) is 5.32 Å². The summed E-state index contributed by atoms with van der Waals surface area (Å²) in [7, 11) is 0. The van der Waals surface area contributed by atoms with Crippen molar-refractivity contribution in [1.29, 1.82) is 0 Å². The molecule has 0 aromatic heterocycles. The summed E-state index contributed by atoms with van der Waals surface area (Å²) in [6.45, 7) is 5.00. The Morgan fingerprint density at radius 3 is 2.38 bits per heavy atom. The molecule has 0 amide bonds. The van der Waals surface area contributed by atoms with E-state index >= 15 is 0 Å². The third-order valence-corrected chi connectivity index (χ3v) is 3.85. The van der Waals surface area contributed by atoms with Gasteiger partial charge in [-0.3, -0.25) is 0 Å². The van der Waals surface area contributed by atoms with Gasteiger partial charge in [-0.2, -0.15) is 0 Å². The molecule has 0 bridgehead atoms. The maximum absolute atomic E-state index is 13.2. The van der Waals surface area contributed by atoms with Gasteiger partial charge in [-0.25, -0.2) is 8.78 Å². The van der Waals surface area contributed by atoms with E-state index in [-0.39, 0.29) is 19.0 Å². The largest absolute Gasteiger partial charge is 0.379 e. The summed E-state index contributed by atoms with van der Waals surface area (Å²) in [5.74, 6) is -3.12. The SMILES string of the molecule is CC1(C)C(COCC2CCCN2)C1(F)F.Cl. The summed E-state index contributed by atoms with van der Waals surface area (Å²) in [6, 6.07) is 0.375. The molecule has 1 aliphatic carbocycles. The van der Waals surface area contributed by atoms with Crippen LogP contribution in [0.2, 0.25) is 0 Å². The molecule has 1 N–H and O–H groups in total. The van der Waals surface area contributed by atoms with Gasteiger partial charge in [0.25, 0.3) is 5.92 Å². The van der Waals surface area contributed by atoms with Crippen LogP contribution >= 0.6 is 12.4 Å². The maximum atomic E-state index is 13.2. The summed E-state index contributed by atoms with van der Waals surface area (Å²) in [6.07, 6.45) is 2.27. The first-order valence-corrected chi connectivity index (χ1v) is 5.65. The van der Waals surface area contributed by atoms with Gasteiger partial charge in [0.2, 0.25) is 0 Å². The van der Waals surface area contributed by atoms with Crippen molar-refractivity contribution in [2.45, 2.75) is 38.7 Å². The molecule has 1 saturated carbocycles. The monoisotopic (exact) mass is 255 g/mol. The molecule has 2 nitrogen and oxygen atoms in total. The van der Waals surface area contributed by atoms with Gasteiger partial charge >= 0.3 is 0 Å². The lowest BCUT2D eigenvalue weighted by atomic mass is 10.1. The Bertz CT molecular complexity index is 228. The minimum absolute atomic E-state index is 0. The van der Waals surface area contributed by atoms with Crippen LogP contribution in [0.25, 0.3) is 0 Å². The van der Waals surface area contributed by atoms with Crippen LogP contribution in [-0.4, -0.2) is 31.7 Å². The van der Waals surface area contributed by atoms with Gasteiger partial charge in [0.15, 0.2) is 0 Å². The Hall–Kier alpha value is 0.0700. The minimum Gasteiger partial charge on any atom is -0.379 e. The van der Waals surface area contributed by atoms with Gasteiger partial charge in [0, 0.05) is 11.5 Å². The smallest absolute Gasteiger partial charge is 0.259 e. The van der Waals surface area contributed by atoms with Crippen LogP contribution in [-0.2, 0) is 4.74 Å². The van der Waals surface area contributed by atoms with Gasteiger partial charge in [0.1, 0.15) is 0 Å². The van der Waals surface area contributed by atoms with Crippen molar-refractivity contribution in [3.8, 4) is 0 Å². The summed E-state index contributed by atoms with van der Waals surface area (Å²) in [4.78, 5) is 0. The first-order chi connectivity index (χ1) is 6.96. The second-order valence-electron chi connectivity index (χ2n) is 5.23. The predicted molar refractivity (Wildman–Crippen MR) is 61.3 cm³/mol. The van der Waals surface area contributed by atoms with Crippen LogP contribution in [0.1, 0.15) is 26.7 Å². The topological polar surface area (TPSA) is 21.3 Å². The number of ether oxygens (including phenoxy) is 1. The van der Waals surface area contributed by atoms with Crippen LogP contribution < -0.4 is 5.32 Å². The fourth-order valence-corrected chi connectivity index (χ4v) is 2.30. The second-order valence-corrected chi connectivity index (χ2v) is 5.23. The van der Waals surface area contributed by atoms with Gasteiger partial charge in [-0.1, -0.05) is 13.8 Å². The lowest BCUT2D eigenvalue weighted by Crippen LogP contribution is -2.27. The standard InChI is InChI=1S/C11H19F2NO.ClH/c1-10(2)9(11(10,12)13)7-15-6-8-4-3-5-14-8;/h8-9,14H,3-7H2,1-2H3;1H. The van der Waals surface area contributed by atoms with Gasteiger partial charge in [-0.05, 0) is 19.4 Å². The zero-order valence-corrected chi connectivity index (χ0v) is 10.6. The van der Waals surface area contributed by atoms with Gasteiger partial charge in [-0.15, -0.1) is 12.4 Å². The number of rotatable bonds is 4. The Kier molecular flexibility index (Phi) is 4.19. The van der Waals surface area contributed by atoms with Crippen LogP contribution in [0.15, 0.2) is 0 Å². The Morgan fingerprint density at radius 1 is 1.31 bits per heavy atom. The van der Waals surface area contributed by atoms with Crippen molar-refractivity contribution in [3.05, 3.63) is 0 Å². The molecule has 5 heteroatoms. The molecule has 2 rings (SSSR count). The average molecular weight is 256 g/mol. The molecule has 1 aliphatic heterocycles. The van der Waals surface area contributed by atoms with Gasteiger partial charge < -0.3 is 10.1 Å².